The van der Waals surface area contributed by atoms with Gasteiger partial charge in [0.15, 0.2) is 0 Å². The summed E-state index contributed by atoms with van der Waals surface area (Å²) < 4.78 is 49.5. The Balaban J connectivity index is 1.07. The van der Waals surface area contributed by atoms with Crippen molar-refractivity contribution < 1.29 is 51.2 Å². The zero-order chi connectivity index (χ0) is 79.4. The Bertz CT molecular complexity index is 6440. The summed E-state index contributed by atoms with van der Waals surface area (Å²) in [6, 6.07) is 68.2. The zero-order valence-electron chi connectivity index (χ0n) is 59.7. The highest BCUT2D eigenvalue weighted by Crippen LogP contribution is 2.40. The SMILES string of the molecule is [C-]#[N+]/C(c1cnc2cc(Cl)c(Cl)cc2n1)=c1\c2c(-c3cccc(OC(=O)c4ccc5c(c4)C(=O)N(CCC)C5=O)c3)n(B(c3ccccc3)c3ccccc3)/c(=C(/C#N)c3cnc4cc(Cl)c(Cl)cc4n3)c2c(-c2cccc(OC(=O)c3ccc4c(c3)C(=O)N(CCCS(=O)(=O)O)C4=O)c2)n1B(c1ccccc1)c1ccccc1. The Kier molecular flexibility index (Phi) is 20.3. The standard InChI is InChI=1S/C86H54B2Cl4N10O11S/c1-3-35-99-81(103)59-33-31-51(40-61(59)83(99)105)85(107)113-58-30-17-20-50(39-58)78-75-74(79(63(46-93)72-47-95-68-42-64(89)66(91)44-70(68)97-72)101(78)87(53-21-8-4-9-22-53)54-23-10-5-11-24-54)77(49-19-16-29-57(38-49)112-86(108)52-32-34-60-62(41-52)84(106)100(82(60)104)36-18-37-114(109,110)111)102(88(55-25-12-6-13-26-55)56-27-14-7-15-28-56)80(75)76(94-2)73-48-96-69-43-65(90)67(92)45-71(69)98-73/h4-17,19-34,38-45,47-48H,3,18,35-37H2,1H3,(H,109,110,111)/b79-63-,80-76+. The van der Waals surface area contributed by atoms with Gasteiger partial charge >= 0.3 is 25.6 Å². The van der Waals surface area contributed by atoms with Gasteiger partial charge in [0.05, 0.1) is 105 Å². The maximum absolute atomic E-state index is 15.0. The summed E-state index contributed by atoms with van der Waals surface area (Å²) in [7, 11) is -4.43. The van der Waals surface area contributed by atoms with Gasteiger partial charge in [-0.15, -0.1) is 0 Å². The number of carbonyl (C=O) groups excluding carboxylic acids is 6. The van der Waals surface area contributed by atoms with Crippen LogP contribution in [-0.2, 0) is 10.1 Å². The van der Waals surface area contributed by atoms with Crippen LogP contribution in [0, 0.1) is 17.9 Å². The molecule has 0 saturated carbocycles. The van der Waals surface area contributed by atoms with Gasteiger partial charge < -0.3 is 18.4 Å². The number of nitriles is 1. The summed E-state index contributed by atoms with van der Waals surface area (Å²) in [6.07, 6.45) is 3.16. The van der Waals surface area contributed by atoms with E-state index in [1.165, 1.54) is 54.9 Å². The molecule has 0 aliphatic carbocycles. The van der Waals surface area contributed by atoms with E-state index in [0.717, 1.165) is 9.80 Å². The van der Waals surface area contributed by atoms with Crippen molar-refractivity contribution in [2.45, 2.75) is 19.8 Å². The van der Waals surface area contributed by atoms with Crippen LogP contribution >= 0.6 is 46.4 Å². The Hall–Kier alpha value is -13.2. The van der Waals surface area contributed by atoms with Gasteiger partial charge in [-0.2, -0.15) is 13.7 Å². The van der Waals surface area contributed by atoms with E-state index in [4.69, 9.17) is 75.8 Å². The zero-order valence-corrected chi connectivity index (χ0v) is 63.5. The molecule has 0 fully saturated rings. The number of rotatable bonds is 20. The van der Waals surface area contributed by atoms with Crippen molar-refractivity contribution >= 4 is 172 Å². The normalized spacial score (nSPS) is 13.1. The van der Waals surface area contributed by atoms with Crippen LogP contribution in [0.5, 0.6) is 11.5 Å². The first-order valence-corrected chi connectivity index (χ1v) is 38.7. The molecule has 4 aromatic heterocycles. The molecular weight excluding hydrogens is 1540 g/mol. The molecular formula is C86H54B2Cl4N10O11S. The fourth-order valence-corrected chi connectivity index (χ4v) is 15.9. The lowest BCUT2D eigenvalue weighted by atomic mass is 9.50. The van der Waals surface area contributed by atoms with Crippen LogP contribution in [0.25, 0.3) is 71.5 Å². The third-order valence-corrected chi connectivity index (χ3v) is 22.0. The van der Waals surface area contributed by atoms with E-state index in [-0.39, 0.29) is 145 Å². The number of imide groups is 2. The molecule has 114 heavy (non-hydrogen) atoms. The molecule has 0 saturated heterocycles. The molecule has 0 radical (unpaired) electrons. The number of fused-ring (bicyclic) bond motifs is 5. The Morgan fingerprint density at radius 2 is 0.895 bits per heavy atom. The maximum atomic E-state index is 15.0. The number of hydrogen-bond donors (Lipinski definition) is 1. The van der Waals surface area contributed by atoms with Crippen molar-refractivity contribution in [2.75, 3.05) is 18.8 Å². The van der Waals surface area contributed by atoms with Crippen LogP contribution in [0.15, 0.2) is 243 Å². The highest BCUT2D eigenvalue weighted by Gasteiger charge is 2.41. The van der Waals surface area contributed by atoms with Crippen molar-refractivity contribution in [3.8, 4) is 40.1 Å². The molecule has 0 unspecified atom stereocenters. The Morgan fingerprint density at radius 1 is 0.500 bits per heavy atom. The van der Waals surface area contributed by atoms with Crippen LogP contribution in [0.4, 0.5) is 0 Å². The van der Waals surface area contributed by atoms with E-state index < -0.39 is 65.1 Å². The van der Waals surface area contributed by atoms with Gasteiger partial charge in [-0.05, 0) is 97.8 Å². The van der Waals surface area contributed by atoms with Crippen molar-refractivity contribution in [2.24, 2.45) is 0 Å². The minimum Gasteiger partial charge on any atom is -0.423 e. The number of ether oxygens (including phenoxy) is 2. The van der Waals surface area contributed by atoms with Crippen molar-refractivity contribution in [1.29, 1.82) is 5.26 Å². The number of halogens is 4. The number of amides is 4. The summed E-state index contributed by atoms with van der Waals surface area (Å²) in [6.45, 7) is 9.58. The topological polar surface area (TPSA) is 271 Å². The molecule has 2 aliphatic rings. The number of carbonyl (C=O) groups is 6. The molecule has 10 aromatic carbocycles. The van der Waals surface area contributed by atoms with Gasteiger partial charge in [-0.1, -0.05) is 221 Å². The average molecular weight is 1600 g/mol. The Labute approximate surface area is 670 Å². The average Bonchev–Trinajstić information content (AvgIpc) is 1.52. The molecule has 554 valence electrons. The van der Waals surface area contributed by atoms with Crippen molar-refractivity contribution in [3.63, 3.8) is 0 Å². The number of benzene rings is 10. The van der Waals surface area contributed by atoms with Gasteiger partial charge in [-0.25, -0.2) is 19.4 Å². The summed E-state index contributed by atoms with van der Waals surface area (Å²) >= 11 is 26.9. The molecule has 0 atom stereocenters. The van der Waals surface area contributed by atoms with Gasteiger partial charge in [-0.3, -0.25) is 48.5 Å². The quantitative estimate of drug-likeness (QED) is 0.0185. The second-order valence-electron chi connectivity index (χ2n) is 26.8. The van der Waals surface area contributed by atoms with Crippen molar-refractivity contribution in [1.82, 2.24) is 38.7 Å². The summed E-state index contributed by atoms with van der Waals surface area (Å²) in [5.74, 6) is -5.19. The van der Waals surface area contributed by atoms with E-state index in [1.807, 2.05) is 137 Å². The van der Waals surface area contributed by atoms with E-state index in [1.54, 1.807) is 66.7 Å². The number of aromatic nitrogens is 6. The summed E-state index contributed by atoms with van der Waals surface area (Å²) in [5.41, 5.74) is 4.84. The van der Waals surface area contributed by atoms with Crippen LogP contribution in [0.1, 0.15) is 93.3 Å². The first-order valence-electron chi connectivity index (χ1n) is 35.6. The lowest BCUT2D eigenvalue weighted by Gasteiger charge is -2.24. The molecule has 6 heterocycles. The van der Waals surface area contributed by atoms with Gasteiger partial charge in [0, 0.05) is 57.9 Å². The highest BCUT2D eigenvalue weighted by molar-refractivity contribution is 7.85. The van der Waals surface area contributed by atoms with Gasteiger partial charge in [0.25, 0.3) is 33.7 Å². The fourth-order valence-electron chi connectivity index (χ4n) is 14.8. The minimum absolute atomic E-state index is 0.00770. The molecule has 2 aliphatic heterocycles. The lowest BCUT2D eigenvalue weighted by molar-refractivity contribution is 0.0639. The smallest absolute Gasteiger partial charge is 0.343 e. The molecule has 28 heteroatoms. The van der Waals surface area contributed by atoms with Crippen LogP contribution in [0.3, 0.4) is 0 Å². The summed E-state index contributed by atoms with van der Waals surface area (Å²) in [4.78, 5) is 111. The fraction of sp³-hybridized carbons (Fsp3) is 0.0698. The maximum Gasteiger partial charge on any atom is 0.343 e. The van der Waals surface area contributed by atoms with Gasteiger partial charge in [0.2, 0.25) is 5.70 Å². The van der Waals surface area contributed by atoms with Crippen LogP contribution in [-0.4, -0.2) is 120 Å². The second kappa shape index (κ2) is 30.8. The first kappa shape index (κ1) is 74.9. The third kappa shape index (κ3) is 13.9. The highest BCUT2D eigenvalue weighted by atomic mass is 35.5. The molecule has 0 bridgehead atoms. The monoisotopic (exact) mass is 1600 g/mol. The van der Waals surface area contributed by atoms with E-state index >= 15 is 0 Å². The van der Waals surface area contributed by atoms with E-state index in [9.17, 15) is 53.6 Å². The summed E-state index contributed by atoms with van der Waals surface area (Å²) in [5, 5.41) is 14.3. The minimum atomic E-state index is -4.43. The second-order valence-corrected chi connectivity index (χ2v) is 30.0. The van der Waals surface area contributed by atoms with E-state index in [0.29, 0.717) is 56.1 Å². The predicted molar refractivity (Wildman–Crippen MR) is 438 cm³/mol. The molecule has 1 N–H and O–H groups in total. The lowest BCUT2D eigenvalue weighted by Crippen LogP contribution is -2.54. The first-order chi connectivity index (χ1) is 55.2. The largest absolute Gasteiger partial charge is 0.423 e. The molecule has 21 nitrogen and oxygen atoms in total. The number of hydrogen-bond acceptors (Lipinski definition) is 15. The van der Waals surface area contributed by atoms with Crippen molar-refractivity contribution in [3.05, 3.63) is 330 Å². The molecule has 0 spiro atoms. The van der Waals surface area contributed by atoms with Gasteiger partial charge in [0.1, 0.15) is 28.8 Å². The van der Waals surface area contributed by atoms with Crippen LogP contribution < -0.4 is 42.0 Å². The van der Waals surface area contributed by atoms with E-state index in [2.05, 4.69) is 10.9 Å². The molecule has 16 rings (SSSR count). The van der Waals surface area contributed by atoms with Crippen LogP contribution in [0.2, 0.25) is 20.1 Å². The number of nitrogens with zero attached hydrogens (tertiary/aromatic N) is 10. The third-order valence-electron chi connectivity index (χ3n) is 19.8. The number of esters is 2. The molecule has 4 amide bonds. The Morgan fingerprint density at radius 3 is 1.32 bits per heavy atom. The molecule has 14 aromatic rings. The predicted octanol–water partition coefficient (Wildman–Crippen LogP) is 12.7.